The van der Waals surface area contributed by atoms with Crippen LogP contribution in [0.2, 0.25) is 0 Å². The molecule has 2 rings (SSSR count). The van der Waals surface area contributed by atoms with Crippen LogP contribution in [-0.4, -0.2) is 44.2 Å². The predicted molar refractivity (Wildman–Crippen MR) is 114 cm³/mol. The number of alkyl halides is 2. The minimum Gasteiger partial charge on any atom is -0.493 e. The van der Waals surface area contributed by atoms with Crippen LogP contribution in [0.1, 0.15) is 31.0 Å². The molecule has 7 heteroatoms. The van der Waals surface area contributed by atoms with Crippen molar-refractivity contribution in [1.29, 1.82) is 0 Å². The Morgan fingerprint density at radius 2 is 1.80 bits per heavy atom. The minimum atomic E-state index is -2.94. The van der Waals surface area contributed by atoms with Crippen molar-refractivity contribution in [3.05, 3.63) is 65.7 Å². The third-order valence-electron chi connectivity index (χ3n) is 4.74. The fourth-order valence-corrected chi connectivity index (χ4v) is 3.21. The van der Waals surface area contributed by atoms with E-state index < -0.39 is 6.61 Å². The molecule has 1 atom stereocenters. The quantitative estimate of drug-likeness (QED) is 0.546. The van der Waals surface area contributed by atoms with Gasteiger partial charge in [-0.1, -0.05) is 50.2 Å². The van der Waals surface area contributed by atoms with Crippen molar-refractivity contribution >= 4 is 12.0 Å². The van der Waals surface area contributed by atoms with Gasteiger partial charge in [0.15, 0.2) is 11.5 Å². The van der Waals surface area contributed by atoms with Crippen molar-refractivity contribution in [2.24, 2.45) is 0 Å². The predicted octanol–water partition coefficient (Wildman–Crippen LogP) is 4.51. The first-order valence-corrected chi connectivity index (χ1v) is 9.86. The lowest BCUT2D eigenvalue weighted by Crippen LogP contribution is -2.37. The largest absolute Gasteiger partial charge is 0.493 e. The fraction of sp³-hybridized carbons (Fsp3) is 0.348. The van der Waals surface area contributed by atoms with Gasteiger partial charge in [0.05, 0.1) is 13.2 Å². The van der Waals surface area contributed by atoms with Crippen LogP contribution in [-0.2, 0) is 4.79 Å². The SMILES string of the molecule is CCN(CC)C(CNC(=O)/C=C/c1ccc(OC(F)F)c(OC)c1)c1ccccc1. The Bertz CT molecular complexity index is 824. The summed E-state index contributed by atoms with van der Waals surface area (Å²) in [5.74, 6) is -0.127. The lowest BCUT2D eigenvalue weighted by atomic mass is 10.1. The first-order valence-electron chi connectivity index (χ1n) is 9.86. The number of hydrogen-bond acceptors (Lipinski definition) is 4. The molecule has 0 heterocycles. The summed E-state index contributed by atoms with van der Waals surface area (Å²) < 4.78 is 34.3. The van der Waals surface area contributed by atoms with E-state index >= 15 is 0 Å². The van der Waals surface area contributed by atoms with E-state index in [1.54, 1.807) is 12.1 Å². The Kier molecular flexibility index (Phi) is 9.28. The highest BCUT2D eigenvalue weighted by Crippen LogP contribution is 2.29. The molecule has 0 aliphatic carbocycles. The van der Waals surface area contributed by atoms with Gasteiger partial charge >= 0.3 is 6.61 Å². The van der Waals surface area contributed by atoms with E-state index in [9.17, 15) is 13.6 Å². The Morgan fingerprint density at radius 1 is 1.10 bits per heavy atom. The van der Waals surface area contributed by atoms with Gasteiger partial charge in [0, 0.05) is 12.6 Å². The van der Waals surface area contributed by atoms with Crippen molar-refractivity contribution in [3.63, 3.8) is 0 Å². The molecule has 0 saturated carbocycles. The molecule has 1 amide bonds. The molecule has 5 nitrogen and oxygen atoms in total. The molecule has 30 heavy (non-hydrogen) atoms. The summed E-state index contributed by atoms with van der Waals surface area (Å²) in [7, 11) is 1.37. The zero-order valence-electron chi connectivity index (χ0n) is 17.5. The lowest BCUT2D eigenvalue weighted by Gasteiger charge is -2.30. The van der Waals surface area contributed by atoms with E-state index in [4.69, 9.17) is 4.74 Å². The molecule has 1 unspecified atom stereocenters. The average Bonchev–Trinajstić information content (AvgIpc) is 2.76. The number of halogens is 2. The molecule has 2 aromatic rings. The maximum Gasteiger partial charge on any atom is 0.387 e. The Balaban J connectivity index is 2.04. The number of amides is 1. The average molecular weight is 418 g/mol. The van der Waals surface area contributed by atoms with Crippen LogP contribution in [0.4, 0.5) is 8.78 Å². The number of benzene rings is 2. The van der Waals surface area contributed by atoms with Crippen molar-refractivity contribution in [1.82, 2.24) is 10.2 Å². The van der Waals surface area contributed by atoms with Crippen LogP contribution >= 0.6 is 0 Å². The second-order valence-electron chi connectivity index (χ2n) is 6.51. The van der Waals surface area contributed by atoms with Crippen LogP contribution < -0.4 is 14.8 Å². The molecule has 0 bridgehead atoms. The molecule has 162 valence electrons. The van der Waals surface area contributed by atoms with E-state index in [0.717, 1.165) is 18.7 Å². The van der Waals surface area contributed by atoms with Gasteiger partial charge in [0.1, 0.15) is 0 Å². The molecule has 0 radical (unpaired) electrons. The van der Waals surface area contributed by atoms with Gasteiger partial charge in [-0.05, 0) is 42.4 Å². The number of nitrogens with one attached hydrogen (secondary N) is 1. The zero-order valence-corrected chi connectivity index (χ0v) is 17.5. The molecule has 2 aromatic carbocycles. The minimum absolute atomic E-state index is 0.0565. The number of hydrogen-bond donors (Lipinski definition) is 1. The molecule has 0 aliphatic rings. The van der Waals surface area contributed by atoms with Crippen LogP contribution in [0, 0.1) is 0 Å². The van der Waals surface area contributed by atoms with Gasteiger partial charge in [0.2, 0.25) is 5.91 Å². The monoisotopic (exact) mass is 418 g/mol. The van der Waals surface area contributed by atoms with Crippen LogP contribution in [0.5, 0.6) is 11.5 Å². The zero-order chi connectivity index (χ0) is 21.9. The van der Waals surface area contributed by atoms with E-state index in [2.05, 4.69) is 40.9 Å². The van der Waals surface area contributed by atoms with Crippen LogP contribution in [0.25, 0.3) is 6.08 Å². The second kappa shape index (κ2) is 11.9. The summed E-state index contributed by atoms with van der Waals surface area (Å²) >= 11 is 0. The van der Waals surface area contributed by atoms with Crippen LogP contribution in [0.15, 0.2) is 54.6 Å². The number of methoxy groups -OCH3 is 1. The third kappa shape index (κ3) is 6.84. The number of likely N-dealkylation sites (N-methyl/N-ethyl adjacent to an activating group) is 1. The highest BCUT2D eigenvalue weighted by Gasteiger charge is 2.18. The summed E-state index contributed by atoms with van der Waals surface area (Å²) in [5.41, 5.74) is 1.77. The lowest BCUT2D eigenvalue weighted by molar-refractivity contribution is -0.116. The van der Waals surface area contributed by atoms with Crippen molar-refractivity contribution in [2.45, 2.75) is 26.5 Å². The highest BCUT2D eigenvalue weighted by atomic mass is 19.3. The van der Waals surface area contributed by atoms with E-state index in [1.807, 2.05) is 18.2 Å². The standard InChI is InChI=1S/C23H28F2N2O3/c1-4-27(5-2)19(18-9-7-6-8-10-18)16-26-22(28)14-12-17-11-13-20(30-23(24)25)21(15-17)29-3/h6-15,19,23H,4-5,16H2,1-3H3,(H,26,28)/b14-12+. The first kappa shape index (κ1) is 23.3. The molecule has 1 N–H and O–H groups in total. The topological polar surface area (TPSA) is 50.8 Å². The van der Waals surface area contributed by atoms with E-state index in [0.29, 0.717) is 12.1 Å². The summed E-state index contributed by atoms with van der Waals surface area (Å²) in [5, 5.41) is 2.94. The van der Waals surface area contributed by atoms with Crippen molar-refractivity contribution in [2.75, 3.05) is 26.7 Å². The summed E-state index contributed by atoms with van der Waals surface area (Å²) in [6.07, 6.45) is 3.01. The van der Waals surface area contributed by atoms with Gasteiger partial charge in [-0.2, -0.15) is 8.78 Å². The Labute approximate surface area is 176 Å². The van der Waals surface area contributed by atoms with Crippen LogP contribution in [0.3, 0.4) is 0 Å². The van der Waals surface area contributed by atoms with E-state index in [1.165, 1.54) is 25.3 Å². The summed E-state index contributed by atoms with van der Waals surface area (Å²) in [6.45, 7) is 3.46. The molecular formula is C23H28F2N2O3. The molecule has 0 saturated heterocycles. The molecule has 0 spiro atoms. The third-order valence-corrected chi connectivity index (χ3v) is 4.74. The summed E-state index contributed by atoms with van der Waals surface area (Å²) in [6, 6.07) is 14.6. The fourth-order valence-electron chi connectivity index (χ4n) is 3.21. The summed E-state index contributed by atoms with van der Waals surface area (Å²) in [4.78, 5) is 14.6. The maximum absolute atomic E-state index is 12.4. The highest BCUT2D eigenvalue weighted by molar-refractivity contribution is 5.91. The van der Waals surface area contributed by atoms with Gasteiger partial charge in [0.25, 0.3) is 0 Å². The Morgan fingerprint density at radius 3 is 2.40 bits per heavy atom. The normalized spacial score (nSPS) is 12.4. The maximum atomic E-state index is 12.4. The number of ether oxygens (including phenoxy) is 2. The van der Waals surface area contributed by atoms with E-state index in [-0.39, 0.29) is 23.4 Å². The van der Waals surface area contributed by atoms with Gasteiger partial charge in [-0.25, -0.2) is 0 Å². The first-order chi connectivity index (χ1) is 14.5. The van der Waals surface area contributed by atoms with Crippen molar-refractivity contribution < 1.29 is 23.0 Å². The molecular weight excluding hydrogens is 390 g/mol. The Hall–Kier alpha value is -2.93. The van der Waals surface area contributed by atoms with Crippen molar-refractivity contribution in [3.8, 4) is 11.5 Å². The second-order valence-corrected chi connectivity index (χ2v) is 6.51. The van der Waals surface area contributed by atoms with Gasteiger partial charge in [-0.3, -0.25) is 9.69 Å². The number of carbonyl (C=O) groups is 1. The molecule has 0 aliphatic heterocycles. The smallest absolute Gasteiger partial charge is 0.387 e. The number of nitrogens with zero attached hydrogens (tertiary/aromatic N) is 1. The van der Waals surface area contributed by atoms with Gasteiger partial charge < -0.3 is 14.8 Å². The number of carbonyl (C=O) groups excluding carboxylic acids is 1. The molecule has 0 fully saturated rings. The molecule has 0 aromatic heterocycles. The number of rotatable bonds is 11. The van der Waals surface area contributed by atoms with Gasteiger partial charge in [-0.15, -0.1) is 0 Å².